The zero-order chi connectivity index (χ0) is 18.5. The maximum atomic E-state index is 11.7. The summed E-state index contributed by atoms with van der Waals surface area (Å²) < 4.78 is 4.83. The van der Waals surface area contributed by atoms with E-state index in [4.69, 9.17) is 10.5 Å². The molecule has 0 bridgehead atoms. The van der Waals surface area contributed by atoms with Crippen LogP contribution in [-0.4, -0.2) is 23.4 Å². The van der Waals surface area contributed by atoms with Gasteiger partial charge in [0.1, 0.15) is 0 Å². The minimum absolute atomic E-state index is 0.138. The fraction of sp³-hybridized carbons (Fsp3) is 0.381. The Morgan fingerprint density at radius 1 is 1.00 bits per heavy atom. The predicted molar refractivity (Wildman–Crippen MR) is 99.9 cm³/mol. The van der Waals surface area contributed by atoms with Gasteiger partial charge in [-0.15, -0.1) is 0 Å². The molecule has 134 valence electrons. The number of benzene rings is 2. The molecule has 0 aliphatic carbocycles. The molecular weight excluding hydrogens is 314 g/mol. The molecule has 0 aromatic heterocycles. The largest absolute Gasteiger partial charge is 0.463 e. The molecule has 0 fully saturated rings. The average molecular weight is 341 g/mol. The second-order valence-corrected chi connectivity index (χ2v) is 6.97. The quantitative estimate of drug-likeness (QED) is 0.596. The Hall–Kier alpha value is -2.17. The molecule has 2 aromatic carbocycles. The molecule has 0 amide bonds. The van der Waals surface area contributed by atoms with Crippen molar-refractivity contribution in [2.24, 2.45) is 5.73 Å². The van der Waals surface area contributed by atoms with E-state index in [2.05, 4.69) is 50.2 Å². The molecule has 25 heavy (non-hydrogen) atoms. The Labute approximate surface area is 149 Å². The molecule has 2 rings (SSSR count). The van der Waals surface area contributed by atoms with Gasteiger partial charge >= 0.3 is 5.97 Å². The summed E-state index contributed by atoms with van der Waals surface area (Å²) in [7, 11) is 0. The van der Waals surface area contributed by atoms with Gasteiger partial charge in [-0.05, 0) is 35.4 Å². The minimum Gasteiger partial charge on any atom is -0.463 e. The topological polar surface area (TPSA) is 72.5 Å². The van der Waals surface area contributed by atoms with E-state index in [0.29, 0.717) is 6.42 Å². The first kappa shape index (κ1) is 19.2. The number of carbonyl (C=O) groups excluding carboxylic acids is 1. The van der Waals surface area contributed by atoms with Crippen molar-refractivity contribution in [1.82, 2.24) is 0 Å². The molecule has 0 aliphatic rings. The molecule has 0 radical (unpaired) electrons. The van der Waals surface area contributed by atoms with Gasteiger partial charge in [0.15, 0.2) is 0 Å². The molecule has 4 heteroatoms. The number of carbonyl (C=O) groups is 1. The van der Waals surface area contributed by atoms with Gasteiger partial charge in [-0.3, -0.25) is 5.73 Å². The van der Waals surface area contributed by atoms with Crippen LogP contribution in [0.2, 0.25) is 0 Å². The fourth-order valence-electron chi connectivity index (χ4n) is 2.75. The summed E-state index contributed by atoms with van der Waals surface area (Å²) >= 11 is 0. The Morgan fingerprint density at radius 2 is 1.56 bits per heavy atom. The monoisotopic (exact) mass is 341 g/mol. The van der Waals surface area contributed by atoms with Crippen LogP contribution in [0.1, 0.15) is 39.2 Å². The summed E-state index contributed by atoms with van der Waals surface area (Å²) in [6, 6.07) is 18.5. The van der Waals surface area contributed by atoms with Crippen molar-refractivity contribution >= 4 is 5.97 Å². The molecule has 0 aliphatic heterocycles. The van der Waals surface area contributed by atoms with E-state index in [1.165, 1.54) is 5.56 Å². The van der Waals surface area contributed by atoms with Gasteiger partial charge in [0, 0.05) is 6.42 Å². The van der Waals surface area contributed by atoms with Gasteiger partial charge < -0.3 is 9.84 Å². The summed E-state index contributed by atoms with van der Waals surface area (Å²) in [6.07, 6.45) is 0.697. The average Bonchev–Trinajstić information content (AvgIpc) is 2.61. The lowest BCUT2D eigenvalue weighted by Gasteiger charge is -2.29. The highest BCUT2D eigenvalue weighted by Gasteiger charge is 2.35. The van der Waals surface area contributed by atoms with Crippen LogP contribution in [0.5, 0.6) is 0 Å². The number of hydrogen-bond donors (Lipinski definition) is 2. The molecule has 0 heterocycles. The smallest absolute Gasteiger partial charge is 0.353 e. The number of rotatable bonds is 7. The standard InChI is InChI=1S/C21H27NO3/c1-4-25-19(23)21(22,24)15-14-20(2,3)18-12-10-17(11-13-18)16-8-6-5-7-9-16/h5-13,24H,4,14-15,22H2,1-3H3. The number of esters is 1. The van der Waals surface area contributed by atoms with Gasteiger partial charge in [-0.25, -0.2) is 4.79 Å². The van der Waals surface area contributed by atoms with E-state index < -0.39 is 11.7 Å². The summed E-state index contributed by atoms with van der Waals surface area (Å²) in [4.78, 5) is 11.7. The molecule has 0 saturated heterocycles. The SMILES string of the molecule is CCOC(=O)C(N)(O)CCC(C)(C)c1ccc(-c2ccccc2)cc1. The molecule has 4 nitrogen and oxygen atoms in total. The minimum atomic E-state index is -1.95. The Morgan fingerprint density at radius 3 is 2.12 bits per heavy atom. The van der Waals surface area contributed by atoms with Crippen LogP contribution >= 0.6 is 0 Å². The summed E-state index contributed by atoms with van der Waals surface area (Å²) in [5.41, 5.74) is 7.00. The van der Waals surface area contributed by atoms with Gasteiger partial charge in [-0.1, -0.05) is 68.4 Å². The zero-order valence-electron chi connectivity index (χ0n) is 15.2. The van der Waals surface area contributed by atoms with Crippen LogP contribution in [0.15, 0.2) is 54.6 Å². The maximum Gasteiger partial charge on any atom is 0.353 e. The van der Waals surface area contributed by atoms with E-state index >= 15 is 0 Å². The molecule has 3 N–H and O–H groups in total. The van der Waals surface area contributed by atoms with Crippen molar-refractivity contribution in [1.29, 1.82) is 0 Å². The first-order valence-corrected chi connectivity index (χ1v) is 8.61. The lowest BCUT2D eigenvalue weighted by atomic mass is 9.78. The number of ether oxygens (including phenoxy) is 1. The predicted octanol–water partition coefficient (Wildman–Crippen LogP) is 3.62. The van der Waals surface area contributed by atoms with Crippen LogP contribution in [0.3, 0.4) is 0 Å². The molecular formula is C21H27NO3. The first-order chi connectivity index (χ1) is 11.8. The highest BCUT2D eigenvalue weighted by atomic mass is 16.6. The van der Waals surface area contributed by atoms with Crippen LogP contribution in [-0.2, 0) is 14.9 Å². The number of aliphatic hydroxyl groups is 1. The fourth-order valence-corrected chi connectivity index (χ4v) is 2.75. The van der Waals surface area contributed by atoms with Gasteiger partial charge in [0.05, 0.1) is 6.61 Å². The molecule has 1 unspecified atom stereocenters. The lowest BCUT2D eigenvalue weighted by Crippen LogP contribution is -2.49. The highest BCUT2D eigenvalue weighted by Crippen LogP contribution is 2.32. The van der Waals surface area contributed by atoms with E-state index in [0.717, 1.165) is 11.1 Å². The molecule has 1 atom stereocenters. The second kappa shape index (κ2) is 7.81. The van der Waals surface area contributed by atoms with E-state index in [9.17, 15) is 9.90 Å². The third-order valence-electron chi connectivity index (χ3n) is 4.53. The highest BCUT2D eigenvalue weighted by molar-refractivity contribution is 5.78. The van der Waals surface area contributed by atoms with Gasteiger partial charge in [-0.2, -0.15) is 0 Å². The van der Waals surface area contributed by atoms with Crippen molar-refractivity contribution in [2.75, 3.05) is 6.61 Å². The van der Waals surface area contributed by atoms with Crippen LogP contribution < -0.4 is 5.73 Å². The van der Waals surface area contributed by atoms with Crippen molar-refractivity contribution in [3.8, 4) is 11.1 Å². The number of hydrogen-bond acceptors (Lipinski definition) is 4. The third kappa shape index (κ3) is 4.91. The van der Waals surface area contributed by atoms with Gasteiger partial charge in [0.2, 0.25) is 5.72 Å². The van der Waals surface area contributed by atoms with Crippen LogP contribution in [0.4, 0.5) is 0 Å². The van der Waals surface area contributed by atoms with Crippen molar-refractivity contribution in [2.45, 2.75) is 44.8 Å². The summed E-state index contributed by atoms with van der Waals surface area (Å²) in [6.45, 7) is 6.03. The molecule has 2 aromatic rings. The number of nitrogens with two attached hydrogens (primary N) is 1. The Balaban J connectivity index is 2.08. The summed E-state index contributed by atoms with van der Waals surface area (Å²) in [5.74, 6) is -0.773. The maximum absolute atomic E-state index is 11.7. The van der Waals surface area contributed by atoms with E-state index in [1.807, 2.05) is 18.2 Å². The third-order valence-corrected chi connectivity index (χ3v) is 4.53. The van der Waals surface area contributed by atoms with Crippen molar-refractivity contribution in [3.05, 3.63) is 60.2 Å². The van der Waals surface area contributed by atoms with E-state index in [-0.39, 0.29) is 18.4 Å². The van der Waals surface area contributed by atoms with Crippen LogP contribution in [0, 0.1) is 0 Å². The van der Waals surface area contributed by atoms with Gasteiger partial charge in [0.25, 0.3) is 0 Å². The zero-order valence-corrected chi connectivity index (χ0v) is 15.2. The Bertz CT molecular complexity index is 691. The first-order valence-electron chi connectivity index (χ1n) is 8.61. The van der Waals surface area contributed by atoms with Crippen molar-refractivity contribution < 1.29 is 14.6 Å². The molecule has 0 saturated carbocycles. The lowest BCUT2D eigenvalue weighted by molar-refractivity contribution is -0.165. The van der Waals surface area contributed by atoms with Crippen LogP contribution in [0.25, 0.3) is 11.1 Å². The normalized spacial score (nSPS) is 14.0. The second-order valence-electron chi connectivity index (χ2n) is 6.97. The van der Waals surface area contributed by atoms with E-state index in [1.54, 1.807) is 6.92 Å². The Kier molecular flexibility index (Phi) is 5.98. The molecule has 0 spiro atoms. The summed E-state index contributed by atoms with van der Waals surface area (Å²) in [5, 5.41) is 10.1. The van der Waals surface area contributed by atoms with Crippen molar-refractivity contribution in [3.63, 3.8) is 0 Å².